The minimum Gasteiger partial charge on any atom is -1.00 e. The average molecular weight is 593 g/mol. The number of hydrogen-bond acceptors (Lipinski definition) is 1. The Hall–Kier alpha value is -1.33. The molecule has 1 amide bonds. The Morgan fingerprint density at radius 1 is 0.750 bits per heavy atom. The summed E-state index contributed by atoms with van der Waals surface area (Å²) in [6, 6.07) is 27.8. The molecular formula is C22H21Cl2HfNOSi. The van der Waals surface area contributed by atoms with Crippen LogP contribution in [0.4, 0.5) is 0 Å². The zero-order valence-electron chi connectivity index (χ0n) is 15.7. The van der Waals surface area contributed by atoms with Crippen molar-refractivity contribution in [1.29, 1.82) is 0 Å². The molecule has 0 bridgehead atoms. The number of benzene rings is 3. The first-order chi connectivity index (χ1) is 12.2. The molecule has 1 N–H and O–H groups in total. The van der Waals surface area contributed by atoms with E-state index in [1.54, 1.807) is 24.3 Å². The quantitative estimate of drug-likeness (QED) is 0.233. The van der Waals surface area contributed by atoms with Crippen molar-refractivity contribution in [2.24, 2.45) is 0 Å². The molecule has 0 saturated carbocycles. The number of hydrogen-bond donors (Lipinski definition) is 0. The second-order valence-corrected chi connectivity index (χ2v) is 6.51. The molecule has 0 aromatic heterocycles. The Kier molecular flexibility index (Phi) is 16.1. The summed E-state index contributed by atoms with van der Waals surface area (Å²) in [4.78, 5) is 10.3. The number of fused-ring (bicyclic) bond motifs is 3. The smallest absolute Gasteiger partial charge is 1.00 e. The van der Waals surface area contributed by atoms with Crippen LogP contribution < -0.4 is 24.8 Å². The van der Waals surface area contributed by atoms with Gasteiger partial charge in [-0.25, -0.2) is 0 Å². The summed E-state index contributed by atoms with van der Waals surface area (Å²) in [7, 11) is 1.08. The summed E-state index contributed by atoms with van der Waals surface area (Å²) < 4.78 is 0. The zero-order valence-corrected chi connectivity index (χ0v) is 21.9. The number of halogens is 2. The van der Waals surface area contributed by atoms with Crippen molar-refractivity contribution in [3.63, 3.8) is 0 Å². The van der Waals surface area contributed by atoms with Crippen LogP contribution in [0, 0.1) is 0 Å². The molecule has 0 aliphatic rings. The summed E-state index contributed by atoms with van der Waals surface area (Å²) >= 11 is 0. The third kappa shape index (κ3) is 8.35. The predicted octanol–water partition coefficient (Wildman–Crippen LogP) is 0.383. The van der Waals surface area contributed by atoms with Crippen LogP contribution in [0.5, 0.6) is 0 Å². The van der Waals surface area contributed by atoms with Crippen LogP contribution in [0.1, 0.15) is 10.4 Å². The van der Waals surface area contributed by atoms with Gasteiger partial charge in [-0.15, -0.1) is 39.7 Å². The summed E-state index contributed by atoms with van der Waals surface area (Å²) in [6.07, 6.45) is 0. The third-order valence-electron chi connectivity index (χ3n) is 3.56. The van der Waals surface area contributed by atoms with Gasteiger partial charge in [0.2, 0.25) is 0 Å². The van der Waals surface area contributed by atoms with Crippen LogP contribution in [0.3, 0.4) is 0 Å². The van der Waals surface area contributed by atoms with Crippen molar-refractivity contribution in [1.82, 2.24) is 0 Å². The summed E-state index contributed by atoms with van der Waals surface area (Å²) in [5.74, 6) is -0.629. The van der Waals surface area contributed by atoms with Gasteiger partial charge in [0.15, 0.2) is 0 Å². The molecular weight excluding hydrogens is 572 g/mol. The van der Waals surface area contributed by atoms with Gasteiger partial charge in [0, 0.05) is 9.52 Å². The van der Waals surface area contributed by atoms with E-state index in [0.717, 1.165) is 9.52 Å². The Morgan fingerprint density at radius 3 is 1.46 bits per heavy atom. The molecule has 0 aliphatic heterocycles. The van der Waals surface area contributed by atoms with Crippen LogP contribution in [0.25, 0.3) is 27.3 Å². The first-order valence-corrected chi connectivity index (χ1v) is 10.1. The van der Waals surface area contributed by atoms with Crippen molar-refractivity contribution < 1.29 is 55.5 Å². The van der Waals surface area contributed by atoms with E-state index in [1.807, 2.05) is 6.07 Å². The maximum Gasteiger partial charge on any atom is 4.00 e. The van der Waals surface area contributed by atoms with E-state index < -0.39 is 5.91 Å². The van der Waals surface area contributed by atoms with Gasteiger partial charge in [-0.3, -0.25) is 0 Å². The fraction of sp³-hybridized carbons (Fsp3) is 0.0909. The maximum atomic E-state index is 10.3. The molecule has 2 nitrogen and oxygen atoms in total. The molecule has 0 heterocycles. The molecule has 6 heteroatoms. The van der Waals surface area contributed by atoms with Gasteiger partial charge in [0.05, 0.1) is 5.91 Å². The fourth-order valence-electron chi connectivity index (χ4n) is 2.49. The Bertz CT molecular complexity index is 895. The van der Waals surface area contributed by atoms with Crippen LogP contribution in [-0.4, -0.2) is 15.4 Å². The Labute approximate surface area is 200 Å². The molecule has 0 spiro atoms. The van der Waals surface area contributed by atoms with Crippen LogP contribution in [0.2, 0.25) is 13.1 Å². The van der Waals surface area contributed by atoms with Crippen LogP contribution >= 0.6 is 0 Å². The maximum absolute atomic E-state index is 10.3. The third-order valence-corrected chi connectivity index (χ3v) is 3.56. The van der Waals surface area contributed by atoms with Gasteiger partial charge in [-0.05, 0) is 5.56 Å². The number of carbonyl (C=O) groups is 1. The van der Waals surface area contributed by atoms with E-state index in [1.165, 1.54) is 21.5 Å². The van der Waals surface area contributed by atoms with E-state index in [9.17, 15) is 4.79 Å². The zero-order chi connectivity index (χ0) is 18.1. The minimum absolute atomic E-state index is 0. The fourth-order valence-corrected chi connectivity index (χ4v) is 2.49. The monoisotopic (exact) mass is 593 g/mol. The summed E-state index contributed by atoms with van der Waals surface area (Å²) in [6.45, 7) is 4.31. The first-order valence-electron chi connectivity index (χ1n) is 8.10. The van der Waals surface area contributed by atoms with E-state index >= 15 is 0 Å². The van der Waals surface area contributed by atoms with Crippen LogP contribution in [-0.2, 0) is 25.8 Å². The van der Waals surface area contributed by atoms with Crippen molar-refractivity contribution >= 4 is 37.0 Å². The topological polar surface area (TPSA) is 40.9 Å². The minimum atomic E-state index is -0.629. The summed E-state index contributed by atoms with van der Waals surface area (Å²) in [5.41, 5.74) is 7.12. The number of rotatable bonds is 1. The van der Waals surface area contributed by atoms with Gasteiger partial charge in [0.1, 0.15) is 0 Å². The van der Waals surface area contributed by atoms with Crippen molar-refractivity contribution in [2.75, 3.05) is 0 Å². The average Bonchev–Trinajstić information content (AvgIpc) is 3.02. The van der Waals surface area contributed by atoms with Gasteiger partial charge in [-0.2, -0.15) is 0 Å². The molecule has 0 unspecified atom stereocenters. The van der Waals surface area contributed by atoms with Crippen molar-refractivity contribution in [3.8, 4) is 0 Å². The number of nitrogens with one attached hydrogen (secondary N) is 1. The second kappa shape index (κ2) is 15.6. The van der Waals surface area contributed by atoms with Crippen LogP contribution in [0.15, 0.2) is 84.9 Å². The van der Waals surface area contributed by atoms with E-state index in [2.05, 4.69) is 67.7 Å². The normalized spacial score (nSPS) is 8.64. The predicted molar refractivity (Wildman–Crippen MR) is 110 cm³/mol. The molecule has 0 fully saturated rings. The number of amides is 1. The van der Waals surface area contributed by atoms with E-state index in [4.69, 9.17) is 5.73 Å². The molecule has 0 aliphatic carbocycles. The van der Waals surface area contributed by atoms with Gasteiger partial charge in [0.25, 0.3) is 0 Å². The molecule has 0 saturated heterocycles. The molecule has 2 radical (unpaired) electrons. The number of carbonyl (C=O) groups excluding carboxylic acids is 1. The summed E-state index contributed by atoms with van der Waals surface area (Å²) in [5, 5.41) is 5.39. The molecule has 28 heavy (non-hydrogen) atoms. The van der Waals surface area contributed by atoms with E-state index in [0.29, 0.717) is 5.56 Å². The van der Waals surface area contributed by atoms with Gasteiger partial charge in [-0.1, -0.05) is 79.8 Å². The van der Waals surface area contributed by atoms with E-state index in [-0.39, 0.29) is 50.7 Å². The van der Waals surface area contributed by atoms with Gasteiger partial charge >= 0.3 is 25.8 Å². The Balaban J connectivity index is 0. The van der Waals surface area contributed by atoms with Crippen molar-refractivity contribution in [3.05, 3.63) is 96.2 Å². The SMILES string of the molecule is C[Si]C.[Cl-].[Cl-].[Hf+4].[NH-]C(=O)c1ccccc1.c1ccc2c(c1)[cH-]c1ccccc12. The second-order valence-electron chi connectivity index (χ2n) is 5.51. The van der Waals surface area contributed by atoms with Gasteiger partial charge < -0.3 is 35.3 Å². The molecule has 4 aromatic rings. The first kappa shape index (κ1) is 28.9. The molecule has 4 rings (SSSR count). The Morgan fingerprint density at radius 2 is 1.11 bits per heavy atom. The van der Waals surface area contributed by atoms with Crippen molar-refractivity contribution in [2.45, 2.75) is 13.1 Å². The standard InChI is InChI=1S/C13H9.C7H7NO.C2H6Si.2ClH.Hf/c1-3-7-12-10(5-1)9-11-6-2-4-8-13(11)12;8-7(9)6-4-2-1-3-5-6;1-3-2;;;/h1-9H;1-5H,(H2,8,9);1-2H3;2*1H;/q-1;;;;;+4/p-3. The largest absolute Gasteiger partial charge is 4.00 e. The molecule has 142 valence electrons. The molecule has 4 aromatic carbocycles. The molecule has 0 atom stereocenters.